The summed E-state index contributed by atoms with van der Waals surface area (Å²) in [5.74, 6) is -3.99. The molecule has 8 heteroatoms. The molecular weight excluding hydrogens is 442 g/mol. The maximum atomic E-state index is 14.9. The molecule has 1 N–H and O–H groups in total. The largest absolute Gasteiger partial charge is 0.497 e. The van der Waals surface area contributed by atoms with Crippen LogP contribution in [0.15, 0.2) is 83.8 Å². The second-order valence-electron chi connectivity index (χ2n) is 7.27. The van der Waals surface area contributed by atoms with Gasteiger partial charge in [-0.2, -0.15) is 8.78 Å². The van der Waals surface area contributed by atoms with Crippen molar-refractivity contribution in [3.63, 3.8) is 0 Å². The molecule has 1 unspecified atom stereocenters. The van der Waals surface area contributed by atoms with Crippen molar-refractivity contribution in [1.82, 2.24) is 0 Å². The maximum absolute atomic E-state index is 14.9. The molecule has 0 radical (unpaired) electrons. The number of rotatable bonds is 9. The van der Waals surface area contributed by atoms with Crippen LogP contribution in [0, 0.1) is 6.92 Å². The number of halogens is 4. The van der Waals surface area contributed by atoms with Crippen LogP contribution in [0.4, 0.5) is 23.2 Å². The summed E-state index contributed by atoms with van der Waals surface area (Å²) in [6, 6.07) is 18.2. The topological polar surface area (TPSA) is 38.3 Å². The third kappa shape index (κ3) is 5.30. The highest BCUT2D eigenvalue weighted by Crippen LogP contribution is 2.41. The number of nitrogens with one attached hydrogen (secondary N) is 1. The van der Waals surface area contributed by atoms with E-state index in [4.69, 9.17) is 4.74 Å². The first-order valence-corrected chi connectivity index (χ1v) is 11.0. The maximum Gasteiger partial charge on any atom is 0.328 e. The summed E-state index contributed by atoms with van der Waals surface area (Å²) in [7, 11) is -0.603. The molecule has 3 aromatic rings. The first-order chi connectivity index (χ1) is 15.2. The number of hydrogen-bond acceptors (Lipinski definition) is 3. The number of methoxy groups -OCH3 is 1. The fourth-order valence-electron chi connectivity index (χ4n) is 3.28. The molecule has 170 valence electrons. The molecular formula is C24H23F4NO2S. The van der Waals surface area contributed by atoms with Crippen LogP contribution in [-0.2, 0) is 10.8 Å². The lowest BCUT2D eigenvalue weighted by atomic mass is 9.99. The minimum Gasteiger partial charge on any atom is -0.497 e. The molecule has 0 spiro atoms. The van der Waals surface area contributed by atoms with E-state index >= 15 is 0 Å². The summed E-state index contributed by atoms with van der Waals surface area (Å²) >= 11 is 0. The zero-order valence-corrected chi connectivity index (χ0v) is 18.3. The van der Waals surface area contributed by atoms with Crippen LogP contribution in [-0.4, -0.2) is 29.7 Å². The van der Waals surface area contributed by atoms with Gasteiger partial charge in [0.05, 0.1) is 23.2 Å². The average molecular weight is 466 g/mol. The lowest BCUT2D eigenvalue weighted by molar-refractivity contribution is -0.139. The molecule has 0 aliphatic rings. The van der Waals surface area contributed by atoms with Gasteiger partial charge in [0.1, 0.15) is 11.8 Å². The lowest BCUT2D eigenvalue weighted by Gasteiger charge is -2.34. The van der Waals surface area contributed by atoms with Crippen molar-refractivity contribution in [2.24, 2.45) is 0 Å². The van der Waals surface area contributed by atoms with Gasteiger partial charge in [-0.25, -0.2) is 8.78 Å². The van der Waals surface area contributed by atoms with Gasteiger partial charge in [0.25, 0.3) is 0 Å². The summed E-state index contributed by atoms with van der Waals surface area (Å²) in [5, 5.41) is 1.08. The van der Waals surface area contributed by atoms with Gasteiger partial charge in [-0.15, -0.1) is 0 Å². The molecule has 3 aromatic carbocycles. The highest BCUT2D eigenvalue weighted by molar-refractivity contribution is 7.85. The number of aryl methyl sites for hydroxylation is 1. The predicted octanol–water partition coefficient (Wildman–Crippen LogP) is 6.23. The Labute approximate surface area is 186 Å². The first-order valence-electron chi connectivity index (χ1n) is 9.82. The van der Waals surface area contributed by atoms with E-state index in [1.807, 2.05) is 6.92 Å². The minimum absolute atomic E-state index is 0.179. The summed E-state index contributed by atoms with van der Waals surface area (Å²) in [5.41, 5.74) is 1.34. The molecule has 3 rings (SSSR count). The van der Waals surface area contributed by atoms with Gasteiger partial charge in [-0.05, 0) is 48.9 Å². The number of benzene rings is 3. The molecule has 3 nitrogen and oxygen atoms in total. The third-order valence-electron chi connectivity index (χ3n) is 5.03. The van der Waals surface area contributed by atoms with E-state index in [-0.39, 0.29) is 16.1 Å². The average Bonchev–Trinajstić information content (AvgIpc) is 2.80. The van der Waals surface area contributed by atoms with E-state index in [1.165, 1.54) is 43.5 Å². The Kier molecular flexibility index (Phi) is 7.56. The van der Waals surface area contributed by atoms with Crippen molar-refractivity contribution >= 4 is 16.5 Å². The van der Waals surface area contributed by atoms with Crippen LogP contribution in [0.5, 0.6) is 5.75 Å². The van der Waals surface area contributed by atoms with E-state index in [9.17, 15) is 21.8 Å². The van der Waals surface area contributed by atoms with E-state index in [0.29, 0.717) is 5.75 Å². The molecule has 0 aromatic heterocycles. The fraction of sp³-hybridized carbons (Fsp3) is 0.250. The SMILES string of the molecule is COc1ccc(N[C@H]([C@H](c2ccccc2)S(=O)c2ccc(C)cc2)C(F)(F)C(F)F)cc1. The number of alkyl halides is 4. The number of hydrogen-bond donors (Lipinski definition) is 1. The molecule has 0 fully saturated rings. The fourth-order valence-corrected chi connectivity index (χ4v) is 4.88. The predicted molar refractivity (Wildman–Crippen MR) is 118 cm³/mol. The Morgan fingerprint density at radius 2 is 1.50 bits per heavy atom. The summed E-state index contributed by atoms with van der Waals surface area (Å²) in [4.78, 5) is 0.274. The molecule has 0 bridgehead atoms. The van der Waals surface area contributed by atoms with Gasteiger partial charge < -0.3 is 10.1 Å². The van der Waals surface area contributed by atoms with Crippen molar-refractivity contribution < 1.29 is 26.5 Å². The van der Waals surface area contributed by atoms with Gasteiger partial charge in [0.15, 0.2) is 0 Å². The van der Waals surface area contributed by atoms with E-state index < -0.39 is 34.4 Å². The Morgan fingerprint density at radius 3 is 2.03 bits per heavy atom. The van der Waals surface area contributed by atoms with Crippen LogP contribution < -0.4 is 10.1 Å². The van der Waals surface area contributed by atoms with Crippen LogP contribution in [0.1, 0.15) is 16.4 Å². The van der Waals surface area contributed by atoms with Gasteiger partial charge >= 0.3 is 12.3 Å². The molecule has 0 aliphatic carbocycles. The Bertz CT molecular complexity index is 1030. The normalized spacial score (nSPS) is 14.6. The molecule has 0 aliphatic heterocycles. The van der Waals surface area contributed by atoms with Crippen molar-refractivity contribution in [3.05, 3.63) is 90.0 Å². The summed E-state index contributed by atoms with van der Waals surface area (Å²) in [6.45, 7) is 1.83. The molecule has 0 amide bonds. The van der Waals surface area contributed by atoms with Gasteiger partial charge in [-0.3, -0.25) is 4.21 Å². The molecule has 0 saturated carbocycles. The van der Waals surface area contributed by atoms with Crippen molar-refractivity contribution in [2.75, 3.05) is 12.4 Å². The van der Waals surface area contributed by atoms with Crippen LogP contribution >= 0.6 is 0 Å². The zero-order valence-electron chi connectivity index (χ0n) is 17.5. The molecule has 0 saturated heterocycles. The first kappa shape index (κ1) is 23.8. The van der Waals surface area contributed by atoms with Crippen molar-refractivity contribution in [2.45, 2.75) is 35.5 Å². The lowest BCUT2D eigenvalue weighted by Crippen LogP contribution is -2.50. The Morgan fingerprint density at radius 1 is 0.906 bits per heavy atom. The monoisotopic (exact) mass is 465 g/mol. The quantitative estimate of drug-likeness (QED) is 0.381. The van der Waals surface area contributed by atoms with Gasteiger partial charge in [0, 0.05) is 10.6 Å². The minimum atomic E-state index is -4.47. The van der Waals surface area contributed by atoms with Crippen molar-refractivity contribution in [1.29, 1.82) is 0 Å². The standard InChI is InChI=1S/C24H23F4NO2S/c1-16-8-14-20(15-9-16)32(30)21(17-6-4-3-5-7-17)22(24(27,28)23(25)26)29-18-10-12-19(31-2)13-11-18/h3-15,21-23,29H,1-2H3/t21-,22+,32?/m0/s1. The number of anilines is 1. The highest BCUT2D eigenvalue weighted by atomic mass is 32.2. The van der Waals surface area contributed by atoms with E-state index in [0.717, 1.165) is 5.56 Å². The molecule has 32 heavy (non-hydrogen) atoms. The third-order valence-corrected chi connectivity index (χ3v) is 6.77. The van der Waals surface area contributed by atoms with Crippen LogP contribution in [0.3, 0.4) is 0 Å². The highest BCUT2D eigenvalue weighted by Gasteiger charge is 2.54. The molecule has 0 heterocycles. The van der Waals surface area contributed by atoms with Gasteiger partial charge in [-0.1, -0.05) is 48.0 Å². The van der Waals surface area contributed by atoms with Crippen molar-refractivity contribution in [3.8, 4) is 5.75 Å². The summed E-state index contributed by atoms with van der Waals surface area (Å²) in [6.07, 6.45) is -3.96. The Hall–Kier alpha value is -2.87. The Balaban J connectivity index is 2.11. The van der Waals surface area contributed by atoms with E-state index in [2.05, 4.69) is 5.32 Å². The zero-order chi connectivity index (χ0) is 23.3. The van der Waals surface area contributed by atoms with Gasteiger partial charge in [0.2, 0.25) is 0 Å². The summed E-state index contributed by atoms with van der Waals surface area (Å²) < 4.78 is 75.6. The van der Waals surface area contributed by atoms with Crippen LogP contribution in [0.25, 0.3) is 0 Å². The molecule has 3 atom stereocenters. The second-order valence-corrected chi connectivity index (χ2v) is 8.84. The van der Waals surface area contributed by atoms with Crippen LogP contribution in [0.2, 0.25) is 0 Å². The van der Waals surface area contributed by atoms with E-state index in [1.54, 1.807) is 42.5 Å². The smallest absolute Gasteiger partial charge is 0.328 e. The number of ether oxygens (including phenoxy) is 1. The second kappa shape index (κ2) is 10.2.